The normalized spacial score (nSPS) is 22.9. The van der Waals surface area contributed by atoms with Crippen LogP contribution in [0.2, 0.25) is 0 Å². The highest BCUT2D eigenvalue weighted by Crippen LogP contribution is 2.28. The molecule has 1 heterocycles. The van der Waals surface area contributed by atoms with Crippen molar-refractivity contribution in [2.75, 3.05) is 13.1 Å². The Morgan fingerprint density at radius 2 is 2.06 bits per heavy atom. The first-order valence-corrected chi connectivity index (χ1v) is 6.77. The van der Waals surface area contributed by atoms with Crippen molar-refractivity contribution in [3.8, 4) is 0 Å². The summed E-state index contributed by atoms with van der Waals surface area (Å²) in [6.07, 6.45) is 3.67. The quantitative estimate of drug-likeness (QED) is 0.865. The van der Waals surface area contributed by atoms with Crippen LogP contribution in [0.5, 0.6) is 0 Å². The van der Waals surface area contributed by atoms with Crippen molar-refractivity contribution in [1.29, 1.82) is 0 Å². The van der Waals surface area contributed by atoms with Gasteiger partial charge in [-0.15, -0.1) is 0 Å². The second-order valence-corrected chi connectivity index (χ2v) is 5.19. The topological polar surface area (TPSA) is 29.3 Å². The minimum absolute atomic E-state index is 0.541. The lowest BCUT2D eigenvalue weighted by atomic mass is 10.0. The Balaban J connectivity index is 2.05. The first-order valence-electron chi connectivity index (χ1n) is 6.77. The summed E-state index contributed by atoms with van der Waals surface area (Å²) in [5.41, 5.74) is 8.34. The molecule has 17 heavy (non-hydrogen) atoms. The average molecular weight is 232 g/mol. The summed E-state index contributed by atoms with van der Waals surface area (Å²) in [6, 6.07) is 10.2. The molecule has 0 aromatic heterocycles. The maximum Gasteiger partial charge on any atom is 0.0322 e. The van der Waals surface area contributed by atoms with Crippen molar-refractivity contribution in [2.45, 2.75) is 45.2 Å². The van der Waals surface area contributed by atoms with Gasteiger partial charge >= 0.3 is 0 Å². The molecule has 2 heteroatoms. The van der Waals surface area contributed by atoms with Gasteiger partial charge in [-0.1, -0.05) is 24.3 Å². The lowest BCUT2D eigenvalue weighted by molar-refractivity contribution is 0.204. The third-order valence-electron chi connectivity index (χ3n) is 4.00. The van der Waals surface area contributed by atoms with Crippen molar-refractivity contribution >= 4 is 0 Å². The number of nitrogens with zero attached hydrogens (tertiary/aromatic N) is 1. The average Bonchev–Trinajstić information content (AvgIpc) is 2.76. The zero-order chi connectivity index (χ0) is 12.3. The van der Waals surface area contributed by atoms with Crippen LogP contribution in [0.15, 0.2) is 24.3 Å². The third kappa shape index (κ3) is 2.88. The van der Waals surface area contributed by atoms with E-state index in [0.29, 0.717) is 6.04 Å². The van der Waals surface area contributed by atoms with Crippen molar-refractivity contribution < 1.29 is 0 Å². The molecule has 2 N–H and O–H groups in total. The Hall–Kier alpha value is -0.860. The van der Waals surface area contributed by atoms with Gasteiger partial charge in [-0.3, -0.25) is 4.90 Å². The minimum atomic E-state index is 0.541. The molecule has 1 saturated heterocycles. The third-order valence-corrected chi connectivity index (χ3v) is 4.00. The van der Waals surface area contributed by atoms with Crippen LogP contribution in [-0.4, -0.2) is 24.0 Å². The lowest BCUT2D eigenvalue weighted by Gasteiger charge is -2.29. The molecule has 0 bridgehead atoms. The van der Waals surface area contributed by atoms with Crippen LogP contribution in [0.3, 0.4) is 0 Å². The largest absolute Gasteiger partial charge is 0.330 e. The summed E-state index contributed by atoms with van der Waals surface area (Å²) < 4.78 is 0. The van der Waals surface area contributed by atoms with Gasteiger partial charge in [0.15, 0.2) is 0 Å². The molecule has 2 rings (SSSR count). The summed E-state index contributed by atoms with van der Waals surface area (Å²) in [5.74, 6) is 0. The summed E-state index contributed by atoms with van der Waals surface area (Å²) in [5, 5.41) is 0. The van der Waals surface area contributed by atoms with E-state index in [2.05, 4.69) is 43.0 Å². The van der Waals surface area contributed by atoms with Crippen LogP contribution >= 0.6 is 0 Å². The van der Waals surface area contributed by atoms with Crippen molar-refractivity contribution in [2.24, 2.45) is 5.73 Å². The molecule has 0 amide bonds. The van der Waals surface area contributed by atoms with E-state index in [1.807, 2.05) is 0 Å². The number of benzene rings is 1. The maximum absolute atomic E-state index is 5.57. The molecule has 0 aliphatic carbocycles. The predicted octanol–water partition coefficient (Wildman–Crippen LogP) is 2.73. The first kappa shape index (κ1) is 12.6. The lowest BCUT2D eigenvalue weighted by Crippen LogP contribution is -2.29. The Kier molecular flexibility index (Phi) is 4.19. The van der Waals surface area contributed by atoms with E-state index in [9.17, 15) is 0 Å². The molecule has 1 aliphatic heterocycles. The minimum Gasteiger partial charge on any atom is -0.330 e. The molecule has 2 nitrogen and oxygen atoms in total. The Bertz CT molecular complexity index is 344. The molecule has 0 radical (unpaired) electrons. The van der Waals surface area contributed by atoms with Crippen LogP contribution in [0.25, 0.3) is 0 Å². The smallest absolute Gasteiger partial charge is 0.0322 e. The summed E-state index contributed by atoms with van der Waals surface area (Å²) in [6.45, 7) is 6.64. The number of hydrogen-bond donors (Lipinski definition) is 1. The second-order valence-electron chi connectivity index (χ2n) is 5.19. The SMILES string of the molecule is CC1CCCN1C(C)c1ccc(CCN)cc1. The van der Waals surface area contributed by atoms with Crippen LogP contribution in [0.4, 0.5) is 0 Å². The van der Waals surface area contributed by atoms with E-state index in [-0.39, 0.29) is 0 Å². The van der Waals surface area contributed by atoms with Crippen molar-refractivity contribution in [1.82, 2.24) is 4.90 Å². The van der Waals surface area contributed by atoms with Gasteiger partial charge in [-0.05, 0) is 57.3 Å². The highest BCUT2D eigenvalue weighted by molar-refractivity contribution is 5.25. The van der Waals surface area contributed by atoms with E-state index in [1.54, 1.807) is 0 Å². The van der Waals surface area contributed by atoms with Crippen LogP contribution < -0.4 is 5.73 Å². The van der Waals surface area contributed by atoms with Crippen LogP contribution in [0.1, 0.15) is 43.9 Å². The van der Waals surface area contributed by atoms with Gasteiger partial charge in [0, 0.05) is 12.1 Å². The van der Waals surface area contributed by atoms with Gasteiger partial charge in [0.05, 0.1) is 0 Å². The van der Waals surface area contributed by atoms with Gasteiger partial charge in [-0.2, -0.15) is 0 Å². The standard InChI is InChI=1S/C15H24N2/c1-12-4-3-11-17(12)13(2)15-7-5-14(6-8-15)9-10-16/h5-8,12-13H,3-4,9-11,16H2,1-2H3. The molecule has 0 saturated carbocycles. The fourth-order valence-corrected chi connectivity index (χ4v) is 2.85. The van der Waals surface area contributed by atoms with Crippen LogP contribution in [0, 0.1) is 0 Å². The second kappa shape index (κ2) is 5.65. The van der Waals surface area contributed by atoms with Crippen molar-refractivity contribution in [3.63, 3.8) is 0 Å². The number of nitrogens with two attached hydrogens (primary N) is 1. The number of likely N-dealkylation sites (tertiary alicyclic amines) is 1. The zero-order valence-corrected chi connectivity index (χ0v) is 11.0. The fraction of sp³-hybridized carbons (Fsp3) is 0.600. The molecular formula is C15H24N2. The molecule has 1 fully saturated rings. The van der Waals surface area contributed by atoms with E-state index in [0.717, 1.165) is 19.0 Å². The van der Waals surface area contributed by atoms with E-state index in [1.165, 1.54) is 30.5 Å². The van der Waals surface area contributed by atoms with Gasteiger partial charge < -0.3 is 5.73 Å². The maximum atomic E-state index is 5.57. The summed E-state index contributed by atoms with van der Waals surface area (Å²) in [7, 11) is 0. The van der Waals surface area contributed by atoms with E-state index < -0.39 is 0 Å². The molecule has 94 valence electrons. The molecule has 1 aromatic carbocycles. The highest BCUT2D eigenvalue weighted by Gasteiger charge is 2.25. The Morgan fingerprint density at radius 3 is 2.59 bits per heavy atom. The summed E-state index contributed by atoms with van der Waals surface area (Å²) in [4.78, 5) is 2.61. The Morgan fingerprint density at radius 1 is 1.35 bits per heavy atom. The number of hydrogen-bond acceptors (Lipinski definition) is 2. The molecule has 1 aromatic rings. The molecule has 0 spiro atoms. The molecule has 2 unspecified atom stereocenters. The van der Waals surface area contributed by atoms with Crippen LogP contribution in [-0.2, 0) is 6.42 Å². The zero-order valence-electron chi connectivity index (χ0n) is 11.0. The summed E-state index contributed by atoms with van der Waals surface area (Å²) >= 11 is 0. The number of rotatable bonds is 4. The molecule has 1 aliphatic rings. The van der Waals surface area contributed by atoms with Gasteiger partial charge in [-0.25, -0.2) is 0 Å². The predicted molar refractivity (Wildman–Crippen MR) is 73.0 cm³/mol. The van der Waals surface area contributed by atoms with Gasteiger partial charge in [0.1, 0.15) is 0 Å². The molecular weight excluding hydrogens is 208 g/mol. The first-order chi connectivity index (χ1) is 8.22. The van der Waals surface area contributed by atoms with Gasteiger partial charge in [0.2, 0.25) is 0 Å². The van der Waals surface area contributed by atoms with E-state index in [4.69, 9.17) is 5.73 Å². The highest BCUT2D eigenvalue weighted by atomic mass is 15.2. The van der Waals surface area contributed by atoms with E-state index >= 15 is 0 Å². The monoisotopic (exact) mass is 232 g/mol. The fourth-order valence-electron chi connectivity index (χ4n) is 2.85. The van der Waals surface area contributed by atoms with Gasteiger partial charge in [0.25, 0.3) is 0 Å². The Labute approximate surface area is 105 Å². The van der Waals surface area contributed by atoms with Crippen molar-refractivity contribution in [3.05, 3.63) is 35.4 Å². The molecule has 2 atom stereocenters.